The molecule has 0 bridgehead atoms. The summed E-state index contributed by atoms with van der Waals surface area (Å²) in [5.41, 5.74) is 2.59. The first-order chi connectivity index (χ1) is 10.8. The minimum Gasteiger partial charge on any atom is -0.368 e. The number of hydrogen-bond acceptors (Lipinski definition) is 4. The SMILES string of the molecule is CN1CCN(c2cccc3[nH]c(Sc4cccs4)cc23)CC1. The Bertz CT molecular complexity index is 755. The number of thiophene rings is 1. The molecule has 1 N–H and O–H groups in total. The first-order valence-electron chi connectivity index (χ1n) is 7.56. The van der Waals surface area contributed by atoms with Crippen LogP contribution in [0.2, 0.25) is 0 Å². The van der Waals surface area contributed by atoms with Crippen molar-refractivity contribution < 1.29 is 0 Å². The van der Waals surface area contributed by atoms with Crippen molar-refractivity contribution >= 4 is 39.7 Å². The average molecular weight is 329 g/mol. The Morgan fingerprint density at radius 1 is 1.09 bits per heavy atom. The van der Waals surface area contributed by atoms with Gasteiger partial charge in [0.2, 0.25) is 0 Å². The lowest BCUT2D eigenvalue weighted by Gasteiger charge is -2.34. The molecule has 0 atom stereocenters. The molecule has 0 saturated carbocycles. The first-order valence-corrected chi connectivity index (χ1v) is 9.26. The van der Waals surface area contributed by atoms with Gasteiger partial charge in [0.1, 0.15) is 0 Å². The molecule has 3 nitrogen and oxygen atoms in total. The normalized spacial score (nSPS) is 16.5. The smallest absolute Gasteiger partial charge is 0.0789 e. The van der Waals surface area contributed by atoms with E-state index in [1.54, 1.807) is 11.3 Å². The van der Waals surface area contributed by atoms with Crippen molar-refractivity contribution in [3.63, 3.8) is 0 Å². The van der Waals surface area contributed by atoms with Crippen molar-refractivity contribution in [3.05, 3.63) is 41.8 Å². The Morgan fingerprint density at radius 3 is 2.73 bits per heavy atom. The number of aromatic nitrogens is 1. The summed E-state index contributed by atoms with van der Waals surface area (Å²) in [5, 5.41) is 4.69. The maximum atomic E-state index is 3.55. The van der Waals surface area contributed by atoms with Gasteiger partial charge in [-0.3, -0.25) is 0 Å². The van der Waals surface area contributed by atoms with Crippen molar-refractivity contribution in [1.82, 2.24) is 9.88 Å². The zero-order valence-electron chi connectivity index (χ0n) is 12.6. The monoisotopic (exact) mass is 329 g/mol. The number of hydrogen-bond donors (Lipinski definition) is 1. The van der Waals surface area contributed by atoms with E-state index < -0.39 is 0 Å². The van der Waals surface area contributed by atoms with Gasteiger partial charge in [0.05, 0.1) is 9.24 Å². The third kappa shape index (κ3) is 2.76. The van der Waals surface area contributed by atoms with E-state index in [2.05, 4.69) is 63.6 Å². The lowest BCUT2D eigenvalue weighted by atomic mass is 10.2. The second-order valence-electron chi connectivity index (χ2n) is 5.70. The third-order valence-electron chi connectivity index (χ3n) is 4.17. The largest absolute Gasteiger partial charge is 0.368 e. The molecule has 1 fully saturated rings. The molecule has 1 saturated heterocycles. The molecule has 0 unspecified atom stereocenters. The number of H-pyrrole nitrogens is 1. The Balaban J connectivity index is 1.66. The number of aromatic amines is 1. The summed E-state index contributed by atoms with van der Waals surface area (Å²) >= 11 is 3.60. The van der Waals surface area contributed by atoms with Gasteiger partial charge < -0.3 is 14.8 Å². The van der Waals surface area contributed by atoms with Gasteiger partial charge in [-0.25, -0.2) is 0 Å². The number of benzene rings is 1. The fraction of sp³-hybridized carbons (Fsp3) is 0.294. The molecule has 0 spiro atoms. The van der Waals surface area contributed by atoms with Crippen LogP contribution in [0.4, 0.5) is 5.69 Å². The van der Waals surface area contributed by atoms with Gasteiger partial charge in [-0.1, -0.05) is 23.9 Å². The van der Waals surface area contributed by atoms with Crippen LogP contribution in [-0.2, 0) is 0 Å². The minimum atomic E-state index is 1.11. The lowest BCUT2D eigenvalue weighted by molar-refractivity contribution is 0.313. The van der Waals surface area contributed by atoms with Crippen LogP contribution in [0.3, 0.4) is 0 Å². The van der Waals surface area contributed by atoms with Crippen LogP contribution in [0, 0.1) is 0 Å². The molecule has 0 radical (unpaired) electrons. The molecule has 5 heteroatoms. The molecular formula is C17H19N3S2. The molecule has 114 valence electrons. The predicted octanol–water partition coefficient (Wildman–Crippen LogP) is 4.13. The number of nitrogens with zero attached hydrogens (tertiary/aromatic N) is 2. The fourth-order valence-corrected chi connectivity index (χ4v) is 4.70. The molecule has 0 amide bonds. The summed E-state index contributed by atoms with van der Waals surface area (Å²) < 4.78 is 1.33. The van der Waals surface area contributed by atoms with Crippen LogP contribution >= 0.6 is 23.1 Å². The predicted molar refractivity (Wildman–Crippen MR) is 96.5 cm³/mol. The van der Waals surface area contributed by atoms with E-state index >= 15 is 0 Å². The Hall–Kier alpha value is -1.43. The summed E-state index contributed by atoms with van der Waals surface area (Å²) in [7, 11) is 2.20. The number of rotatable bonds is 3. The van der Waals surface area contributed by atoms with Gasteiger partial charge in [0.15, 0.2) is 0 Å². The van der Waals surface area contributed by atoms with E-state index in [-0.39, 0.29) is 0 Å². The number of nitrogens with one attached hydrogen (secondary N) is 1. The Morgan fingerprint density at radius 2 is 1.95 bits per heavy atom. The highest BCUT2D eigenvalue weighted by atomic mass is 32.2. The molecule has 22 heavy (non-hydrogen) atoms. The van der Waals surface area contributed by atoms with Crippen LogP contribution in [0.25, 0.3) is 10.9 Å². The summed E-state index contributed by atoms with van der Waals surface area (Å²) in [5.74, 6) is 0. The molecule has 0 aliphatic carbocycles. The van der Waals surface area contributed by atoms with Gasteiger partial charge >= 0.3 is 0 Å². The summed E-state index contributed by atoms with van der Waals surface area (Å²) in [6.07, 6.45) is 0. The Kier molecular flexibility index (Phi) is 3.86. The highest BCUT2D eigenvalue weighted by molar-refractivity contribution is 8.01. The van der Waals surface area contributed by atoms with Gasteiger partial charge in [-0.2, -0.15) is 0 Å². The highest BCUT2D eigenvalue weighted by Gasteiger charge is 2.17. The van der Waals surface area contributed by atoms with Gasteiger partial charge in [0, 0.05) is 42.8 Å². The van der Waals surface area contributed by atoms with E-state index in [4.69, 9.17) is 0 Å². The maximum Gasteiger partial charge on any atom is 0.0789 e. The minimum absolute atomic E-state index is 1.11. The molecule has 3 aromatic rings. The first kappa shape index (κ1) is 14.2. The van der Waals surface area contributed by atoms with Crippen LogP contribution in [0.15, 0.2) is 51.0 Å². The molecule has 2 aromatic heterocycles. The second-order valence-corrected chi connectivity index (χ2v) is 7.99. The maximum absolute atomic E-state index is 3.55. The zero-order chi connectivity index (χ0) is 14.9. The van der Waals surface area contributed by atoms with Crippen molar-refractivity contribution in [3.8, 4) is 0 Å². The number of fused-ring (bicyclic) bond motifs is 1. The van der Waals surface area contributed by atoms with Crippen LogP contribution < -0.4 is 4.90 Å². The van der Waals surface area contributed by atoms with Crippen molar-refractivity contribution in [2.45, 2.75) is 9.24 Å². The van der Waals surface area contributed by atoms with Crippen molar-refractivity contribution in [1.29, 1.82) is 0 Å². The lowest BCUT2D eigenvalue weighted by Crippen LogP contribution is -2.44. The molecule has 1 aliphatic rings. The van der Waals surface area contributed by atoms with Gasteiger partial charge in [0.25, 0.3) is 0 Å². The quantitative estimate of drug-likeness (QED) is 0.781. The van der Waals surface area contributed by atoms with E-state index in [9.17, 15) is 0 Å². The highest BCUT2D eigenvalue weighted by Crippen LogP contribution is 2.35. The van der Waals surface area contributed by atoms with Crippen LogP contribution in [-0.4, -0.2) is 43.1 Å². The van der Waals surface area contributed by atoms with E-state index in [1.807, 2.05) is 11.8 Å². The molecule has 3 heterocycles. The zero-order valence-corrected chi connectivity index (χ0v) is 14.2. The number of anilines is 1. The standard InChI is InChI=1S/C17H19N3S2/c1-19-7-9-20(10-8-19)15-5-2-4-14-13(15)12-16(18-14)22-17-6-3-11-21-17/h2-6,11-12,18H,7-10H2,1H3. The molecule has 1 aliphatic heterocycles. The molecule has 4 rings (SSSR count). The fourth-order valence-electron chi connectivity index (χ4n) is 2.92. The topological polar surface area (TPSA) is 22.3 Å². The van der Waals surface area contributed by atoms with E-state index in [0.29, 0.717) is 0 Å². The second kappa shape index (κ2) is 5.99. The molecule has 1 aromatic carbocycles. The molecular weight excluding hydrogens is 310 g/mol. The number of likely N-dealkylation sites (N-methyl/N-ethyl adjacent to an activating group) is 1. The summed E-state index contributed by atoms with van der Waals surface area (Å²) in [6.45, 7) is 4.48. The number of piperazine rings is 1. The third-order valence-corrected chi connectivity index (χ3v) is 6.14. The van der Waals surface area contributed by atoms with Crippen molar-refractivity contribution in [2.24, 2.45) is 0 Å². The van der Waals surface area contributed by atoms with E-state index in [0.717, 1.165) is 26.2 Å². The van der Waals surface area contributed by atoms with E-state index in [1.165, 1.54) is 25.8 Å². The van der Waals surface area contributed by atoms with Gasteiger partial charge in [-0.05, 0) is 36.7 Å². The average Bonchev–Trinajstić information content (AvgIpc) is 3.17. The summed E-state index contributed by atoms with van der Waals surface area (Å²) in [6, 6.07) is 13.2. The van der Waals surface area contributed by atoms with Crippen molar-refractivity contribution in [2.75, 3.05) is 38.1 Å². The van der Waals surface area contributed by atoms with Gasteiger partial charge in [-0.15, -0.1) is 11.3 Å². The Labute approximate surface area is 138 Å². The summed E-state index contributed by atoms with van der Waals surface area (Å²) in [4.78, 5) is 8.46. The van der Waals surface area contributed by atoms with Crippen LogP contribution in [0.1, 0.15) is 0 Å². The van der Waals surface area contributed by atoms with Crippen LogP contribution in [0.5, 0.6) is 0 Å².